The SMILES string of the molecule is CC1=CC=C(C(=O)CC(=O)c2ccc(C)cc2)CC=C1. The average Bonchev–Trinajstić information content (AvgIpc) is 2.64. The van der Waals surface area contributed by atoms with E-state index in [1.54, 1.807) is 12.1 Å². The number of Topliss-reactive ketones (excluding diaryl/α,β-unsaturated/α-hetero) is 2. The summed E-state index contributed by atoms with van der Waals surface area (Å²) in [7, 11) is 0. The first-order valence-corrected chi connectivity index (χ1v) is 6.73. The van der Waals surface area contributed by atoms with E-state index in [9.17, 15) is 9.59 Å². The van der Waals surface area contributed by atoms with Crippen molar-refractivity contribution in [1.82, 2.24) is 0 Å². The second-order valence-electron chi connectivity index (χ2n) is 5.10. The van der Waals surface area contributed by atoms with E-state index in [2.05, 4.69) is 0 Å². The first-order chi connectivity index (χ1) is 9.56. The Morgan fingerprint density at radius 2 is 1.70 bits per heavy atom. The predicted octanol–water partition coefficient (Wildman–Crippen LogP) is 3.97. The summed E-state index contributed by atoms with van der Waals surface area (Å²) in [4.78, 5) is 24.2. The maximum Gasteiger partial charge on any atom is 0.170 e. The molecule has 1 aromatic rings. The molecule has 0 bridgehead atoms. The molecule has 1 aromatic carbocycles. The fraction of sp³-hybridized carbons (Fsp3) is 0.222. The lowest BCUT2D eigenvalue weighted by molar-refractivity contribution is -0.114. The van der Waals surface area contributed by atoms with Crippen LogP contribution in [0.25, 0.3) is 0 Å². The van der Waals surface area contributed by atoms with Crippen LogP contribution in [-0.2, 0) is 4.79 Å². The van der Waals surface area contributed by atoms with E-state index in [0.717, 1.165) is 11.1 Å². The summed E-state index contributed by atoms with van der Waals surface area (Å²) in [6, 6.07) is 7.32. The highest BCUT2D eigenvalue weighted by atomic mass is 16.1. The van der Waals surface area contributed by atoms with Crippen LogP contribution in [0, 0.1) is 6.92 Å². The molecule has 0 heterocycles. The Morgan fingerprint density at radius 1 is 1.00 bits per heavy atom. The lowest BCUT2D eigenvalue weighted by atomic mass is 9.99. The lowest BCUT2D eigenvalue weighted by Crippen LogP contribution is -2.10. The molecule has 1 aliphatic carbocycles. The van der Waals surface area contributed by atoms with E-state index in [4.69, 9.17) is 0 Å². The van der Waals surface area contributed by atoms with E-state index in [1.807, 2.05) is 50.3 Å². The zero-order valence-corrected chi connectivity index (χ0v) is 11.8. The maximum absolute atomic E-state index is 12.2. The molecule has 0 saturated carbocycles. The number of aryl methyl sites for hydroxylation is 1. The van der Waals surface area contributed by atoms with Gasteiger partial charge in [-0.3, -0.25) is 9.59 Å². The molecule has 2 heteroatoms. The second-order valence-corrected chi connectivity index (χ2v) is 5.10. The number of hydrogen-bond acceptors (Lipinski definition) is 2. The van der Waals surface area contributed by atoms with Gasteiger partial charge in [-0.2, -0.15) is 0 Å². The van der Waals surface area contributed by atoms with Crippen LogP contribution in [0.1, 0.15) is 35.7 Å². The van der Waals surface area contributed by atoms with Crippen molar-refractivity contribution >= 4 is 11.6 Å². The van der Waals surface area contributed by atoms with E-state index in [-0.39, 0.29) is 18.0 Å². The number of allylic oxidation sites excluding steroid dienone is 6. The molecule has 0 atom stereocenters. The van der Waals surface area contributed by atoms with Crippen LogP contribution >= 0.6 is 0 Å². The minimum absolute atomic E-state index is 0.0599. The van der Waals surface area contributed by atoms with E-state index in [1.165, 1.54) is 0 Å². The van der Waals surface area contributed by atoms with Crippen molar-refractivity contribution in [2.75, 3.05) is 0 Å². The maximum atomic E-state index is 12.2. The smallest absolute Gasteiger partial charge is 0.170 e. The summed E-state index contributed by atoms with van der Waals surface area (Å²) < 4.78 is 0. The molecule has 0 aliphatic heterocycles. The van der Waals surface area contributed by atoms with Crippen molar-refractivity contribution in [3.05, 3.63) is 70.8 Å². The van der Waals surface area contributed by atoms with Gasteiger partial charge in [-0.1, -0.05) is 59.7 Å². The van der Waals surface area contributed by atoms with Gasteiger partial charge in [0.05, 0.1) is 6.42 Å². The second kappa shape index (κ2) is 6.29. The van der Waals surface area contributed by atoms with Gasteiger partial charge in [0.2, 0.25) is 0 Å². The predicted molar refractivity (Wildman–Crippen MR) is 80.7 cm³/mol. The Hall–Kier alpha value is -2.22. The van der Waals surface area contributed by atoms with Gasteiger partial charge in [-0.25, -0.2) is 0 Å². The van der Waals surface area contributed by atoms with Crippen LogP contribution in [0.5, 0.6) is 0 Å². The molecule has 102 valence electrons. The minimum atomic E-state index is -0.121. The van der Waals surface area contributed by atoms with Gasteiger partial charge in [0, 0.05) is 5.56 Å². The quantitative estimate of drug-likeness (QED) is 0.610. The Kier molecular flexibility index (Phi) is 4.46. The summed E-state index contributed by atoms with van der Waals surface area (Å²) in [5, 5.41) is 0. The fourth-order valence-electron chi connectivity index (χ4n) is 2.04. The van der Waals surface area contributed by atoms with E-state index in [0.29, 0.717) is 17.6 Å². The molecule has 0 saturated heterocycles. The van der Waals surface area contributed by atoms with Crippen molar-refractivity contribution in [2.45, 2.75) is 26.7 Å². The van der Waals surface area contributed by atoms with Crippen molar-refractivity contribution in [3.8, 4) is 0 Å². The number of benzene rings is 1. The van der Waals surface area contributed by atoms with Gasteiger partial charge in [0.15, 0.2) is 11.6 Å². The molecule has 1 aliphatic rings. The molecule has 0 fully saturated rings. The topological polar surface area (TPSA) is 34.1 Å². The molecule has 0 amide bonds. The standard InChI is InChI=1S/C18H18O2/c1-13-4-3-5-15(9-6-13)17(19)12-18(20)16-10-7-14(2)8-11-16/h3-4,6-11H,5,12H2,1-2H3. The summed E-state index contributed by atoms with van der Waals surface area (Å²) in [6.07, 6.45) is 8.20. The van der Waals surface area contributed by atoms with Gasteiger partial charge in [-0.15, -0.1) is 0 Å². The molecule has 20 heavy (non-hydrogen) atoms. The van der Waals surface area contributed by atoms with Gasteiger partial charge in [-0.05, 0) is 25.8 Å². The lowest BCUT2D eigenvalue weighted by Gasteiger charge is -2.03. The summed E-state index contributed by atoms with van der Waals surface area (Å²) >= 11 is 0. The Bertz CT molecular complexity index is 613. The fourth-order valence-corrected chi connectivity index (χ4v) is 2.04. The van der Waals surface area contributed by atoms with Crippen molar-refractivity contribution in [1.29, 1.82) is 0 Å². The molecular weight excluding hydrogens is 248 g/mol. The number of carbonyl (C=O) groups excluding carboxylic acids is 2. The number of carbonyl (C=O) groups is 2. The summed E-state index contributed by atoms with van der Waals surface area (Å²) in [5.74, 6) is -0.212. The van der Waals surface area contributed by atoms with Crippen LogP contribution in [0.2, 0.25) is 0 Å². The zero-order valence-electron chi connectivity index (χ0n) is 11.8. The van der Waals surface area contributed by atoms with Crippen LogP contribution in [-0.4, -0.2) is 11.6 Å². The average molecular weight is 266 g/mol. The molecule has 0 radical (unpaired) electrons. The van der Waals surface area contributed by atoms with Gasteiger partial charge < -0.3 is 0 Å². The monoisotopic (exact) mass is 266 g/mol. The number of ketones is 2. The van der Waals surface area contributed by atoms with Crippen LogP contribution in [0.4, 0.5) is 0 Å². The van der Waals surface area contributed by atoms with Crippen molar-refractivity contribution in [2.24, 2.45) is 0 Å². The molecule has 2 rings (SSSR count). The third-order valence-corrected chi connectivity index (χ3v) is 3.32. The van der Waals surface area contributed by atoms with Gasteiger partial charge in [0.1, 0.15) is 0 Å². The molecular formula is C18H18O2. The Morgan fingerprint density at radius 3 is 2.40 bits per heavy atom. The Labute approximate surface area is 119 Å². The highest BCUT2D eigenvalue weighted by molar-refractivity contribution is 6.13. The van der Waals surface area contributed by atoms with Crippen LogP contribution in [0.3, 0.4) is 0 Å². The van der Waals surface area contributed by atoms with Crippen molar-refractivity contribution in [3.63, 3.8) is 0 Å². The normalized spacial score (nSPS) is 14.3. The molecule has 0 aromatic heterocycles. The molecule has 2 nitrogen and oxygen atoms in total. The summed E-state index contributed by atoms with van der Waals surface area (Å²) in [5.41, 5.74) is 3.50. The van der Waals surface area contributed by atoms with E-state index >= 15 is 0 Å². The zero-order chi connectivity index (χ0) is 14.5. The van der Waals surface area contributed by atoms with E-state index < -0.39 is 0 Å². The first kappa shape index (κ1) is 14.2. The van der Waals surface area contributed by atoms with Crippen LogP contribution < -0.4 is 0 Å². The van der Waals surface area contributed by atoms with Crippen LogP contribution in [0.15, 0.2) is 59.7 Å². The number of rotatable bonds is 4. The third kappa shape index (κ3) is 3.64. The number of hydrogen-bond donors (Lipinski definition) is 0. The molecule has 0 spiro atoms. The Balaban J connectivity index is 2.06. The first-order valence-electron chi connectivity index (χ1n) is 6.73. The third-order valence-electron chi connectivity index (χ3n) is 3.32. The highest BCUT2D eigenvalue weighted by Gasteiger charge is 2.15. The molecule has 0 N–H and O–H groups in total. The minimum Gasteiger partial charge on any atom is -0.294 e. The summed E-state index contributed by atoms with van der Waals surface area (Å²) in [6.45, 7) is 3.95. The molecule has 0 unspecified atom stereocenters. The van der Waals surface area contributed by atoms with Crippen molar-refractivity contribution < 1.29 is 9.59 Å². The largest absolute Gasteiger partial charge is 0.294 e. The van der Waals surface area contributed by atoms with Gasteiger partial charge >= 0.3 is 0 Å². The highest BCUT2D eigenvalue weighted by Crippen LogP contribution is 2.15. The van der Waals surface area contributed by atoms with Gasteiger partial charge in [0.25, 0.3) is 0 Å².